The first-order valence-corrected chi connectivity index (χ1v) is 9.12. The maximum absolute atomic E-state index is 12.1. The van der Waals surface area contributed by atoms with Crippen molar-refractivity contribution in [2.24, 2.45) is 0 Å². The number of carbonyl (C=O) groups is 1. The lowest BCUT2D eigenvalue weighted by Gasteiger charge is -2.08. The van der Waals surface area contributed by atoms with Gasteiger partial charge in [-0.05, 0) is 31.2 Å². The summed E-state index contributed by atoms with van der Waals surface area (Å²) >= 11 is 0. The summed E-state index contributed by atoms with van der Waals surface area (Å²) in [5.41, 5.74) is 2.87. The molecule has 0 aliphatic carbocycles. The second kappa shape index (κ2) is 7.99. The van der Waals surface area contributed by atoms with Gasteiger partial charge in [-0.1, -0.05) is 17.3 Å². The number of benzene rings is 1. The van der Waals surface area contributed by atoms with Gasteiger partial charge in [-0.2, -0.15) is 4.98 Å². The molecule has 8 heteroatoms. The molecule has 0 radical (unpaired) electrons. The molecule has 0 saturated heterocycles. The second-order valence-corrected chi connectivity index (χ2v) is 6.40. The van der Waals surface area contributed by atoms with E-state index in [0.29, 0.717) is 37.6 Å². The van der Waals surface area contributed by atoms with E-state index in [0.717, 1.165) is 22.4 Å². The monoisotopic (exact) mass is 376 g/mol. The summed E-state index contributed by atoms with van der Waals surface area (Å²) in [6.45, 7) is 3.18. The van der Waals surface area contributed by atoms with Crippen LogP contribution in [-0.2, 0) is 17.8 Å². The molecular weight excluding hydrogens is 356 g/mol. The molecule has 0 aliphatic rings. The maximum Gasteiger partial charge on any atom is 0.227 e. The molecule has 4 aromatic rings. The van der Waals surface area contributed by atoms with Crippen molar-refractivity contribution in [1.82, 2.24) is 30.0 Å². The molecule has 3 aromatic heterocycles. The summed E-state index contributed by atoms with van der Waals surface area (Å²) in [5, 5.41) is 6.88. The largest absolute Gasteiger partial charge is 0.354 e. The van der Waals surface area contributed by atoms with Gasteiger partial charge in [0.25, 0.3) is 0 Å². The molecule has 0 spiro atoms. The molecule has 1 aromatic carbocycles. The van der Waals surface area contributed by atoms with E-state index in [1.807, 2.05) is 43.3 Å². The first kappa shape index (κ1) is 17.8. The van der Waals surface area contributed by atoms with Crippen molar-refractivity contribution in [2.75, 3.05) is 6.54 Å². The van der Waals surface area contributed by atoms with Crippen LogP contribution >= 0.6 is 0 Å². The van der Waals surface area contributed by atoms with E-state index < -0.39 is 0 Å². The third-order valence-electron chi connectivity index (χ3n) is 4.48. The molecule has 0 atom stereocenters. The van der Waals surface area contributed by atoms with Gasteiger partial charge in [0.05, 0.1) is 11.0 Å². The molecule has 0 saturated carbocycles. The highest BCUT2D eigenvalue weighted by Crippen LogP contribution is 2.15. The highest BCUT2D eigenvalue weighted by Gasteiger charge is 2.11. The van der Waals surface area contributed by atoms with E-state index in [9.17, 15) is 4.79 Å². The van der Waals surface area contributed by atoms with Crippen molar-refractivity contribution in [2.45, 2.75) is 26.3 Å². The first-order chi connectivity index (χ1) is 13.7. The molecule has 4 rings (SSSR count). The van der Waals surface area contributed by atoms with E-state index in [-0.39, 0.29) is 5.91 Å². The van der Waals surface area contributed by atoms with Gasteiger partial charge in [0.15, 0.2) is 0 Å². The molecule has 1 N–H and O–H groups in total. The summed E-state index contributed by atoms with van der Waals surface area (Å²) < 4.78 is 7.33. The lowest BCUT2D eigenvalue weighted by Crippen LogP contribution is -2.27. The number of carbonyl (C=O) groups excluding carboxylic acids is 1. The Hall–Kier alpha value is -3.55. The molecule has 0 aliphatic heterocycles. The minimum absolute atomic E-state index is 0.0502. The molecule has 0 bridgehead atoms. The summed E-state index contributed by atoms with van der Waals surface area (Å²) in [7, 11) is 0. The summed E-state index contributed by atoms with van der Waals surface area (Å²) in [5.74, 6) is 1.83. The molecule has 1 amide bonds. The highest BCUT2D eigenvalue weighted by atomic mass is 16.5. The van der Waals surface area contributed by atoms with Gasteiger partial charge in [-0.3, -0.25) is 9.78 Å². The number of amides is 1. The number of nitrogens with zero attached hydrogens (tertiary/aromatic N) is 5. The number of hydrogen-bond acceptors (Lipinski definition) is 6. The topological polar surface area (TPSA) is 98.7 Å². The van der Waals surface area contributed by atoms with Crippen LogP contribution in [0.25, 0.3) is 22.4 Å². The number of aromatic nitrogens is 5. The van der Waals surface area contributed by atoms with Gasteiger partial charge in [0.2, 0.25) is 17.6 Å². The zero-order valence-corrected chi connectivity index (χ0v) is 15.5. The number of hydrogen-bond donors (Lipinski definition) is 1. The van der Waals surface area contributed by atoms with E-state index in [1.54, 1.807) is 12.4 Å². The van der Waals surface area contributed by atoms with Gasteiger partial charge in [0, 0.05) is 43.9 Å². The fourth-order valence-electron chi connectivity index (χ4n) is 3.07. The van der Waals surface area contributed by atoms with Crippen LogP contribution in [0.5, 0.6) is 0 Å². The van der Waals surface area contributed by atoms with Crippen LogP contribution in [0.1, 0.15) is 18.1 Å². The molecule has 8 nitrogen and oxygen atoms in total. The average molecular weight is 376 g/mol. The van der Waals surface area contributed by atoms with E-state index in [4.69, 9.17) is 4.52 Å². The van der Waals surface area contributed by atoms with Crippen LogP contribution in [0.2, 0.25) is 0 Å². The van der Waals surface area contributed by atoms with E-state index >= 15 is 0 Å². The van der Waals surface area contributed by atoms with Gasteiger partial charge in [-0.15, -0.1) is 0 Å². The molecular formula is C20H20N6O2. The Morgan fingerprint density at radius 1 is 1.14 bits per heavy atom. The third-order valence-corrected chi connectivity index (χ3v) is 4.48. The van der Waals surface area contributed by atoms with Crippen LogP contribution in [0, 0.1) is 6.92 Å². The van der Waals surface area contributed by atoms with Crippen molar-refractivity contribution in [1.29, 1.82) is 0 Å². The summed E-state index contributed by atoms with van der Waals surface area (Å²) in [6, 6.07) is 11.6. The minimum Gasteiger partial charge on any atom is -0.354 e. The van der Waals surface area contributed by atoms with Crippen molar-refractivity contribution in [3.05, 3.63) is 60.5 Å². The number of para-hydroxylation sites is 2. The Balaban J connectivity index is 1.27. The maximum atomic E-state index is 12.1. The van der Waals surface area contributed by atoms with Crippen molar-refractivity contribution in [3.63, 3.8) is 0 Å². The van der Waals surface area contributed by atoms with Crippen LogP contribution in [0.15, 0.2) is 53.3 Å². The highest BCUT2D eigenvalue weighted by molar-refractivity contribution is 5.77. The lowest BCUT2D eigenvalue weighted by atomic mass is 10.2. The number of imidazole rings is 1. The van der Waals surface area contributed by atoms with Gasteiger partial charge >= 0.3 is 0 Å². The number of nitrogens with one attached hydrogen (secondary N) is 1. The molecule has 28 heavy (non-hydrogen) atoms. The number of fused-ring (bicyclic) bond motifs is 1. The molecule has 0 fully saturated rings. The predicted octanol–water partition coefficient (Wildman–Crippen LogP) is 2.54. The number of aryl methyl sites for hydroxylation is 2. The van der Waals surface area contributed by atoms with Crippen LogP contribution < -0.4 is 5.32 Å². The van der Waals surface area contributed by atoms with Crippen molar-refractivity contribution in [3.8, 4) is 11.4 Å². The third kappa shape index (κ3) is 3.90. The van der Waals surface area contributed by atoms with Crippen LogP contribution in [0.3, 0.4) is 0 Å². The summed E-state index contributed by atoms with van der Waals surface area (Å²) in [6.07, 6.45) is 4.03. The zero-order chi connectivity index (χ0) is 19.3. The molecule has 0 unspecified atom stereocenters. The van der Waals surface area contributed by atoms with Gasteiger partial charge in [0.1, 0.15) is 5.82 Å². The molecule has 142 valence electrons. The van der Waals surface area contributed by atoms with Gasteiger partial charge in [-0.25, -0.2) is 4.98 Å². The Labute approximate surface area is 161 Å². The normalized spacial score (nSPS) is 11.0. The second-order valence-electron chi connectivity index (χ2n) is 6.40. The fraction of sp³-hybridized carbons (Fsp3) is 0.250. The van der Waals surface area contributed by atoms with Crippen molar-refractivity contribution >= 4 is 16.9 Å². The van der Waals surface area contributed by atoms with E-state index in [1.165, 1.54) is 0 Å². The zero-order valence-electron chi connectivity index (χ0n) is 15.5. The SMILES string of the molecule is Cc1nc2ccccc2n1CCNC(=O)CCc1nc(-c2ccncc2)no1. The standard InChI is InChI=1S/C20H20N6O2/c1-14-23-16-4-2-3-5-17(16)26(14)13-12-22-18(27)6-7-19-24-20(25-28-19)15-8-10-21-11-9-15/h2-5,8-11H,6-7,12-13H2,1H3,(H,22,27). The summed E-state index contributed by atoms with van der Waals surface area (Å²) in [4.78, 5) is 25.0. The number of pyridine rings is 1. The average Bonchev–Trinajstić information content (AvgIpc) is 3.32. The minimum atomic E-state index is -0.0502. The first-order valence-electron chi connectivity index (χ1n) is 9.12. The lowest BCUT2D eigenvalue weighted by molar-refractivity contribution is -0.121. The van der Waals surface area contributed by atoms with Crippen molar-refractivity contribution < 1.29 is 9.32 Å². The van der Waals surface area contributed by atoms with Crippen LogP contribution in [-0.4, -0.2) is 37.1 Å². The number of rotatable bonds is 7. The van der Waals surface area contributed by atoms with E-state index in [2.05, 4.69) is 30.0 Å². The smallest absolute Gasteiger partial charge is 0.227 e. The van der Waals surface area contributed by atoms with Crippen LogP contribution in [0.4, 0.5) is 0 Å². The Morgan fingerprint density at radius 3 is 2.82 bits per heavy atom. The van der Waals surface area contributed by atoms with Gasteiger partial charge < -0.3 is 14.4 Å². The Kier molecular flexibility index (Phi) is 5.09. The predicted molar refractivity (Wildman–Crippen MR) is 103 cm³/mol. The Morgan fingerprint density at radius 2 is 1.96 bits per heavy atom. The Bertz CT molecular complexity index is 1090. The quantitative estimate of drug-likeness (QED) is 0.532. The molecule has 3 heterocycles. The fourth-order valence-corrected chi connectivity index (χ4v) is 3.07.